The average Bonchev–Trinajstić information content (AvgIpc) is 3.53. The number of aromatic amines is 1. The summed E-state index contributed by atoms with van der Waals surface area (Å²) in [5, 5.41) is 1.97. The van der Waals surface area contributed by atoms with Gasteiger partial charge in [-0.2, -0.15) is 13.2 Å². The highest BCUT2D eigenvalue weighted by molar-refractivity contribution is 8.00. The maximum atomic E-state index is 13.9. The van der Waals surface area contributed by atoms with Crippen LogP contribution in [0.25, 0.3) is 0 Å². The van der Waals surface area contributed by atoms with E-state index in [1.807, 2.05) is 0 Å². The number of thioether (sulfide) groups is 1. The molecule has 2 N–H and O–H groups in total. The monoisotopic (exact) mass is 671 g/mol. The Morgan fingerprint density at radius 1 is 0.957 bits per heavy atom. The van der Waals surface area contributed by atoms with Gasteiger partial charge in [0, 0.05) is 16.5 Å². The van der Waals surface area contributed by atoms with Crippen LogP contribution in [0.15, 0.2) is 76.6 Å². The molecule has 3 atom stereocenters. The number of anilines is 2. The van der Waals surface area contributed by atoms with E-state index in [1.165, 1.54) is 32.4 Å². The standard InChI is InChI=1S/C31H24F3N3O7S2/c1-42-17-10-8-16(9-11-17)35-22(38)14-44-20-12-7-15(13-21(20)43-2)23-24-26(45-27-25(23)46-30(41)36-27)29(40)37(28(24)39)19-6-4-3-5-18(19)31(32,33)34/h3-13,23-24,26H,14H2,1-2H3,(H,35,38)(H,36,41). The lowest BCUT2D eigenvalue weighted by molar-refractivity contribution is -0.137. The molecule has 10 nitrogen and oxygen atoms in total. The molecule has 15 heteroatoms. The maximum Gasteiger partial charge on any atom is 0.418 e. The predicted octanol–water partition coefficient (Wildman–Crippen LogP) is 5.29. The Balaban J connectivity index is 1.30. The molecule has 1 aromatic heterocycles. The summed E-state index contributed by atoms with van der Waals surface area (Å²) in [7, 11) is 2.91. The molecule has 3 aromatic carbocycles. The van der Waals surface area contributed by atoms with Crippen LogP contribution in [0.5, 0.6) is 17.2 Å². The number of fused-ring (bicyclic) bond motifs is 2. The van der Waals surface area contributed by atoms with E-state index in [2.05, 4.69) is 10.3 Å². The molecule has 2 aliphatic rings. The first kappa shape index (κ1) is 31.2. The number of nitrogens with one attached hydrogen (secondary N) is 2. The van der Waals surface area contributed by atoms with Crippen LogP contribution in [0.4, 0.5) is 24.5 Å². The molecule has 6 rings (SSSR count). The van der Waals surface area contributed by atoms with E-state index in [0.717, 1.165) is 35.2 Å². The van der Waals surface area contributed by atoms with Gasteiger partial charge in [0.25, 0.3) is 5.91 Å². The highest BCUT2D eigenvalue weighted by atomic mass is 32.2. The number of amides is 3. The van der Waals surface area contributed by atoms with E-state index in [4.69, 9.17) is 14.2 Å². The lowest BCUT2D eigenvalue weighted by atomic mass is 9.83. The zero-order valence-electron chi connectivity index (χ0n) is 24.0. The van der Waals surface area contributed by atoms with Crippen LogP contribution >= 0.6 is 23.1 Å². The Kier molecular flexibility index (Phi) is 8.29. The number of benzene rings is 3. The van der Waals surface area contributed by atoms with E-state index in [0.29, 0.717) is 31.8 Å². The van der Waals surface area contributed by atoms with Crippen LogP contribution in [-0.4, -0.2) is 48.8 Å². The van der Waals surface area contributed by atoms with Crippen LogP contribution < -0.4 is 29.3 Å². The molecule has 0 saturated carbocycles. The summed E-state index contributed by atoms with van der Waals surface area (Å²) in [5.74, 6) is -3.03. The topological polar surface area (TPSA) is 127 Å². The van der Waals surface area contributed by atoms with Gasteiger partial charge >= 0.3 is 11.0 Å². The van der Waals surface area contributed by atoms with Crippen LogP contribution in [0.3, 0.4) is 0 Å². The Bertz CT molecular complexity index is 1890. The molecule has 0 spiro atoms. The van der Waals surface area contributed by atoms with E-state index < -0.39 is 57.1 Å². The van der Waals surface area contributed by atoms with Crippen molar-refractivity contribution in [3.8, 4) is 17.2 Å². The molecule has 1 fully saturated rings. The van der Waals surface area contributed by atoms with Gasteiger partial charge in [0.2, 0.25) is 11.8 Å². The van der Waals surface area contributed by atoms with Crippen molar-refractivity contribution in [2.75, 3.05) is 31.0 Å². The molecule has 46 heavy (non-hydrogen) atoms. The minimum atomic E-state index is -4.81. The minimum Gasteiger partial charge on any atom is -0.497 e. The molecule has 2 aliphatic heterocycles. The predicted molar refractivity (Wildman–Crippen MR) is 164 cm³/mol. The van der Waals surface area contributed by atoms with Gasteiger partial charge in [0.05, 0.1) is 36.4 Å². The van der Waals surface area contributed by atoms with Gasteiger partial charge < -0.3 is 24.5 Å². The van der Waals surface area contributed by atoms with Gasteiger partial charge in [-0.05, 0) is 54.1 Å². The van der Waals surface area contributed by atoms with Crippen molar-refractivity contribution in [3.05, 3.63) is 92.4 Å². The molecule has 3 unspecified atom stereocenters. The Hall–Kier alpha value is -4.76. The van der Waals surface area contributed by atoms with Gasteiger partial charge in [-0.15, -0.1) is 0 Å². The van der Waals surface area contributed by atoms with E-state index >= 15 is 0 Å². The number of aromatic nitrogens is 1. The van der Waals surface area contributed by atoms with E-state index in [1.54, 1.807) is 36.4 Å². The molecule has 3 heterocycles. The van der Waals surface area contributed by atoms with Gasteiger partial charge in [-0.1, -0.05) is 41.3 Å². The number of para-hydroxylation sites is 1. The Labute approximate surface area is 267 Å². The second-order valence-electron chi connectivity index (χ2n) is 10.3. The summed E-state index contributed by atoms with van der Waals surface area (Å²) in [5.41, 5.74) is -0.666. The third kappa shape index (κ3) is 5.71. The fourth-order valence-corrected chi connectivity index (χ4v) is 8.05. The first-order valence-electron chi connectivity index (χ1n) is 13.7. The molecule has 3 amide bonds. The van der Waals surface area contributed by atoms with E-state index in [9.17, 15) is 32.3 Å². The number of hydrogen-bond acceptors (Lipinski definition) is 9. The number of hydrogen-bond donors (Lipinski definition) is 2. The zero-order chi connectivity index (χ0) is 32.7. The Morgan fingerprint density at radius 3 is 2.39 bits per heavy atom. The van der Waals surface area contributed by atoms with Crippen LogP contribution in [0, 0.1) is 5.92 Å². The fourth-order valence-electron chi connectivity index (χ4n) is 5.53. The van der Waals surface area contributed by atoms with Gasteiger partial charge in [-0.3, -0.25) is 19.2 Å². The maximum absolute atomic E-state index is 13.9. The highest BCUT2D eigenvalue weighted by Crippen LogP contribution is 2.54. The molecule has 0 radical (unpaired) electrons. The molecule has 1 saturated heterocycles. The average molecular weight is 672 g/mol. The molecule has 0 aliphatic carbocycles. The summed E-state index contributed by atoms with van der Waals surface area (Å²) in [4.78, 5) is 55.9. The van der Waals surface area contributed by atoms with Crippen molar-refractivity contribution in [3.63, 3.8) is 0 Å². The third-order valence-corrected chi connectivity index (χ3v) is 9.95. The van der Waals surface area contributed by atoms with Gasteiger partial charge in [0.15, 0.2) is 18.1 Å². The SMILES string of the molecule is COc1ccc(NC(=O)COc2ccc(C3c4sc(=O)[nH]c4SC4C(=O)N(c5ccccc5C(F)(F)F)C(=O)C43)cc2OC)cc1. The van der Waals surface area contributed by atoms with Gasteiger partial charge in [-0.25, -0.2) is 4.90 Å². The molecular weight excluding hydrogens is 647 g/mol. The van der Waals surface area contributed by atoms with Crippen molar-refractivity contribution < 1.29 is 41.8 Å². The van der Waals surface area contributed by atoms with Crippen molar-refractivity contribution in [1.29, 1.82) is 0 Å². The number of alkyl halides is 3. The number of methoxy groups -OCH3 is 2. The third-order valence-electron chi connectivity index (χ3n) is 7.55. The Morgan fingerprint density at radius 2 is 1.70 bits per heavy atom. The van der Waals surface area contributed by atoms with Crippen molar-refractivity contribution in [2.24, 2.45) is 5.92 Å². The van der Waals surface area contributed by atoms with E-state index in [-0.39, 0.29) is 18.1 Å². The van der Waals surface area contributed by atoms with Crippen molar-refractivity contribution in [2.45, 2.75) is 22.4 Å². The molecular formula is C31H24F3N3O7S2. The number of carbonyl (C=O) groups excluding carboxylic acids is 3. The number of carbonyl (C=O) groups is 3. The van der Waals surface area contributed by atoms with Crippen LogP contribution in [0.2, 0.25) is 0 Å². The van der Waals surface area contributed by atoms with Crippen LogP contribution in [0.1, 0.15) is 21.9 Å². The largest absolute Gasteiger partial charge is 0.497 e. The summed E-state index contributed by atoms with van der Waals surface area (Å²) >= 11 is 1.81. The lowest BCUT2D eigenvalue weighted by Gasteiger charge is -2.30. The quantitative estimate of drug-likeness (QED) is 0.242. The number of ether oxygens (including phenoxy) is 3. The first-order chi connectivity index (χ1) is 22.0. The summed E-state index contributed by atoms with van der Waals surface area (Å²) in [6, 6.07) is 15.8. The minimum absolute atomic E-state index is 0.199. The highest BCUT2D eigenvalue weighted by Gasteiger charge is 2.57. The van der Waals surface area contributed by atoms with Gasteiger partial charge in [0.1, 0.15) is 11.0 Å². The van der Waals surface area contributed by atoms with Crippen molar-refractivity contribution in [1.82, 2.24) is 4.98 Å². The number of rotatable bonds is 8. The normalized spacial score (nSPS) is 19.0. The second-order valence-corrected chi connectivity index (χ2v) is 12.4. The van der Waals surface area contributed by atoms with Crippen molar-refractivity contribution >= 4 is 52.2 Å². The number of halogens is 3. The number of imide groups is 1. The molecule has 0 bridgehead atoms. The summed E-state index contributed by atoms with van der Waals surface area (Å²) in [6.45, 7) is -0.364. The molecule has 4 aromatic rings. The molecule has 238 valence electrons. The zero-order valence-corrected chi connectivity index (χ0v) is 25.7. The number of H-pyrrole nitrogens is 1. The van der Waals surface area contributed by atoms with Crippen LogP contribution in [-0.2, 0) is 20.6 Å². The summed E-state index contributed by atoms with van der Waals surface area (Å²) < 4.78 is 58.0. The summed E-state index contributed by atoms with van der Waals surface area (Å²) in [6.07, 6.45) is -4.81. The first-order valence-corrected chi connectivity index (χ1v) is 15.4. The number of nitrogens with zero attached hydrogens (tertiary/aromatic N) is 1. The second kappa shape index (κ2) is 12.2. The fraction of sp³-hybridized carbons (Fsp3) is 0.226. The lowest BCUT2D eigenvalue weighted by Crippen LogP contribution is -2.33. The number of thiazole rings is 1. The smallest absolute Gasteiger partial charge is 0.418 e.